The van der Waals surface area contributed by atoms with E-state index in [9.17, 15) is 0 Å². The summed E-state index contributed by atoms with van der Waals surface area (Å²) in [7, 11) is 0. The van der Waals surface area contributed by atoms with E-state index in [-0.39, 0.29) is 18.5 Å². The molecule has 2 aliphatic heterocycles. The van der Waals surface area contributed by atoms with Crippen molar-refractivity contribution < 1.29 is 27.9 Å². The van der Waals surface area contributed by atoms with E-state index in [0.29, 0.717) is 0 Å². The van der Waals surface area contributed by atoms with Crippen molar-refractivity contribution in [1.82, 2.24) is 0 Å². The van der Waals surface area contributed by atoms with Crippen LogP contribution in [0.2, 0.25) is 0 Å². The van der Waals surface area contributed by atoms with E-state index in [4.69, 9.17) is 9.47 Å². The second-order valence-electron chi connectivity index (χ2n) is 4.25. The molecule has 118 valence electrons. The monoisotopic (exact) mass is 740 g/mol. The van der Waals surface area contributed by atoms with E-state index in [1.807, 2.05) is 51.4 Å². The van der Waals surface area contributed by atoms with Gasteiger partial charge in [0.1, 0.15) is 0 Å². The fourth-order valence-corrected chi connectivity index (χ4v) is 1.53. The van der Waals surface area contributed by atoms with Crippen molar-refractivity contribution in [3.05, 3.63) is 51.4 Å². The summed E-state index contributed by atoms with van der Waals surface area (Å²) in [5, 5.41) is 0. The second-order valence-corrected chi connectivity index (χ2v) is 34.2. The Kier molecular flexibility index (Phi) is 25.0. The number of hydrogen-bond acceptors (Lipinski definition) is 2. The van der Waals surface area contributed by atoms with Crippen LogP contribution in [-0.4, -0.2) is 26.4 Å². The van der Waals surface area contributed by atoms with Gasteiger partial charge in [-0.3, -0.25) is 0 Å². The minimum atomic E-state index is -0.0651. The minimum absolute atomic E-state index is 0.0651. The van der Waals surface area contributed by atoms with Crippen molar-refractivity contribution in [3.8, 4) is 0 Å². The molecule has 3 rings (SSSR count). The topological polar surface area (TPSA) is 18.5 Å². The van der Waals surface area contributed by atoms with Crippen LogP contribution < -0.4 is 0 Å². The Hall–Kier alpha value is 2.43. The molecule has 0 unspecified atom stereocenters. The molecule has 0 spiro atoms. The molecular formula is C16H24I2O2U. The molecule has 21 heavy (non-hydrogen) atoms. The van der Waals surface area contributed by atoms with Crippen LogP contribution in [0, 0.1) is 69.8 Å². The first kappa shape index (κ1) is 23.4. The summed E-state index contributed by atoms with van der Waals surface area (Å²) in [5.41, 5.74) is 0. The molecule has 2 nitrogen and oxygen atoms in total. The van der Waals surface area contributed by atoms with E-state index < -0.39 is 0 Å². The molecule has 0 aromatic rings. The van der Waals surface area contributed by atoms with Gasteiger partial charge in [0, 0.05) is 26.4 Å². The normalized spacial score (nSPS) is 21.0. The molecule has 0 aromatic heterocycles. The Morgan fingerprint density at radius 1 is 0.524 bits per heavy atom. The maximum absolute atomic E-state index is 4.94. The third kappa shape index (κ3) is 22.4. The molecule has 3 fully saturated rings. The van der Waals surface area contributed by atoms with Gasteiger partial charge < -0.3 is 9.47 Å². The zero-order valence-electron chi connectivity index (χ0n) is 12.3. The van der Waals surface area contributed by atoms with Crippen LogP contribution in [-0.2, 0) is 9.47 Å². The van der Waals surface area contributed by atoms with Gasteiger partial charge in [0.25, 0.3) is 0 Å². The van der Waals surface area contributed by atoms with Gasteiger partial charge in [0.05, 0.1) is 0 Å². The predicted octanol–water partition coefficient (Wildman–Crippen LogP) is 5.00. The quantitative estimate of drug-likeness (QED) is 0.326. The average molecular weight is 740 g/mol. The first-order chi connectivity index (χ1) is 10.4. The summed E-state index contributed by atoms with van der Waals surface area (Å²) in [6.45, 7) is 4.00. The summed E-state index contributed by atoms with van der Waals surface area (Å²) in [5.74, 6) is 0. The van der Waals surface area contributed by atoms with Crippen molar-refractivity contribution >= 4 is 33.5 Å². The molecule has 1 aliphatic carbocycles. The van der Waals surface area contributed by atoms with Crippen molar-refractivity contribution in [2.75, 3.05) is 26.4 Å². The Labute approximate surface area is 163 Å². The molecule has 2 saturated heterocycles. The molecular weight excluding hydrogens is 716 g/mol. The average Bonchev–Trinajstić information content (AvgIpc) is 3.19. The van der Waals surface area contributed by atoms with Gasteiger partial charge in [-0.1, -0.05) is 0 Å². The zero-order valence-corrected chi connectivity index (χ0v) is 20.8. The van der Waals surface area contributed by atoms with Crippen LogP contribution in [0.1, 0.15) is 25.7 Å². The summed E-state index contributed by atoms with van der Waals surface area (Å²) in [6.07, 6.45) is 21.1. The van der Waals surface area contributed by atoms with Crippen LogP contribution in [0.15, 0.2) is 0 Å². The van der Waals surface area contributed by atoms with Crippen LogP contribution in [0.25, 0.3) is 0 Å². The van der Waals surface area contributed by atoms with Crippen LogP contribution in [0.3, 0.4) is 0 Å². The maximum atomic E-state index is 4.94. The van der Waals surface area contributed by atoms with E-state index in [1.54, 1.807) is 0 Å². The zero-order chi connectivity index (χ0) is 15.4. The molecule has 0 aromatic carbocycles. The molecule has 0 atom stereocenters. The van der Waals surface area contributed by atoms with Crippen molar-refractivity contribution in [2.24, 2.45) is 0 Å². The first-order valence-electron chi connectivity index (χ1n) is 7.20. The van der Waals surface area contributed by atoms with E-state index >= 15 is 0 Å². The Bertz CT molecular complexity index is 128. The third-order valence-electron chi connectivity index (χ3n) is 2.54. The van der Waals surface area contributed by atoms with Crippen molar-refractivity contribution in [3.63, 3.8) is 0 Å². The summed E-state index contributed by atoms with van der Waals surface area (Å²) in [6, 6.07) is 0. The van der Waals surface area contributed by atoms with E-state index in [0.717, 1.165) is 26.4 Å². The van der Waals surface area contributed by atoms with Gasteiger partial charge in [-0.2, -0.15) is 0 Å². The van der Waals surface area contributed by atoms with Crippen LogP contribution >= 0.6 is 33.5 Å². The van der Waals surface area contributed by atoms with E-state index in [2.05, 4.69) is 33.5 Å². The van der Waals surface area contributed by atoms with Crippen molar-refractivity contribution in [2.45, 2.75) is 25.7 Å². The SMILES string of the molecule is C1CCOC1.C1CCOC1.[CH]1[CH][CH][CH][CH][CH][CH][CH]1.[I][U][I]. The summed E-state index contributed by atoms with van der Waals surface area (Å²) >= 11 is 4.90. The summed E-state index contributed by atoms with van der Waals surface area (Å²) < 4.78 is 9.89. The van der Waals surface area contributed by atoms with Crippen LogP contribution in [0.4, 0.5) is 0 Å². The number of halogens is 2. The Morgan fingerprint density at radius 2 is 0.714 bits per heavy atom. The predicted molar refractivity (Wildman–Crippen MR) is 103 cm³/mol. The molecule has 3 aliphatic rings. The Morgan fingerprint density at radius 3 is 0.810 bits per heavy atom. The van der Waals surface area contributed by atoms with Gasteiger partial charge in [-0.05, 0) is 77.0 Å². The summed E-state index contributed by atoms with van der Waals surface area (Å²) in [4.78, 5) is 0. The third-order valence-corrected chi connectivity index (χ3v) is 2.54. The van der Waals surface area contributed by atoms with Gasteiger partial charge in [0.2, 0.25) is 0 Å². The Balaban J connectivity index is 0.000000270. The van der Waals surface area contributed by atoms with Gasteiger partial charge >= 0.3 is 52.0 Å². The van der Waals surface area contributed by atoms with Crippen molar-refractivity contribution in [1.29, 1.82) is 0 Å². The number of hydrogen-bond donors (Lipinski definition) is 0. The fraction of sp³-hybridized carbons (Fsp3) is 0.500. The molecule has 8 radical (unpaired) electrons. The number of ether oxygens (including phenoxy) is 2. The van der Waals surface area contributed by atoms with Crippen LogP contribution in [0.5, 0.6) is 0 Å². The first-order valence-corrected chi connectivity index (χ1v) is 30.5. The molecule has 2 heterocycles. The molecule has 5 heteroatoms. The fourth-order valence-electron chi connectivity index (χ4n) is 1.53. The molecule has 0 N–H and O–H groups in total. The van der Waals surface area contributed by atoms with Gasteiger partial charge in [-0.15, -0.1) is 0 Å². The van der Waals surface area contributed by atoms with Gasteiger partial charge in [0.15, 0.2) is 0 Å². The molecule has 1 saturated carbocycles. The standard InChI is InChI=1S/C8H8.2C4H8O.2HI.U/c1-2-4-6-8-7-5-3-1;2*1-2-4-5-3-1;;;/h1-8H;2*1-4H2;2*1H;/q;;;;;+2/p-2. The van der Waals surface area contributed by atoms with E-state index in [1.165, 1.54) is 25.7 Å². The molecule has 0 bridgehead atoms. The molecule has 0 amide bonds. The number of rotatable bonds is 0. The second kappa shape index (κ2) is 22.4. The van der Waals surface area contributed by atoms with Gasteiger partial charge in [-0.25, -0.2) is 0 Å².